The van der Waals surface area contributed by atoms with E-state index in [-0.39, 0.29) is 21.5 Å². The summed E-state index contributed by atoms with van der Waals surface area (Å²) in [6.07, 6.45) is 2.50. The third-order valence-electron chi connectivity index (χ3n) is 4.34. The van der Waals surface area contributed by atoms with E-state index < -0.39 is 22.5 Å². The van der Waals surface area contributed by atoms with Crippen LogP contribution in [0.2, 0.25) is 0 Å². The van der Waals surface area contributed by atoms with E-state index in [0.29, 0.717) is 18.7 Å². The normalized spacial score (nSPS) is 13.1. The molecule has 2 aromatic heterocycles. The molecule has 0 aliphatic rings. The molecule has 0 unspecified atom stereocenters. The Balaban J connectivity index is 2.75. The zero-order valence-electron chi connectivity index (χ0n) is 17.2. The van der Waals surface area contributed by atoms with Crippen LogP contribution >= 0.6 is 11.8 Å². The van der Waals surface area contributed by atoms with Gasteiger partial charge in [-0.3, -0.25) is 13.9 Å². The van der Waals surface area contributed by atoms with Crippen molar-refractivity contribution in [1.82, 2.24) is 19.1 Å². The second kappa shape index (κ2) is 8.46. The van der Waals surface area contributed by atoms with E-state index in [9.17, 15) is 19.5 Å². The van der Waals surface area contributed by atoms with Crippen LogP contribution in [0.1, 0.15) is 52.8 Å². The van der Waals surface area contributed by atoms with Gasteiger partial charge in [-0.2, -0.15) is 0 Å². The van der Waals surface area contributed by atoms with Gasteiger partial charge in [0.1, 0.15) is 16.2 Å². The molecule has 0 fully saturated rings. The Morgan fingerprint density at radius 2 is 1.82 bits per heavy atom. The van der Waals surface area contributed by atoms with E-state index in [2.05, 4.69) is 9.97 Å². The molecular weight excluding hydrogens is 380 g/mol. The van der Waals surface area contributed by atoms with E-state index in [1.54, 1.807) is 7.05 Å². The number of carboxylic acid groups (broad SMARTS) is 1. The van der Waals surface area contributed by atoms with Crippen LogP contribution in [-0.2, 0) is 25.3 Å². The number of carbonyl (C=O) groups excluding carboxylic acids is 1. The first-order valence-electron chi connectivity index (χ1n) is 9.30. The van der Waals surface area contributed by atoms with E-state index in [1.807, 2.05) is 27.7 Å². The third-order valence-corrected chi connectivity index (χ3v) is 5.57. The number of unbranched alkanes of at least 4 members (excludes halogenated alkanes) is 1. The minimum absolute atomic E-state index is 0.121. The van der Waals surface area contributed by atoms with E-state index in [4.69, 9.17) is 0 Å². The molecule has 0 saturated heterocycles. The molecule has 1 atom stereocenters. The summed E-state index contributed by atoms with van der Waals surface area (Å²) in [7, 11) is 2.93. The molecule has 28 heavy (non-hydrogen) atoms. The zero-order valence-corrected chi connectivity index (χ0v) is 18.1. The number of fused-ring (bicyclic) bond motifs is 1. The minimum atomic E-state index is -1.19. The zero-order chi connectivity index (χ0) is 21.2. The van der Waals surface area contributed by atoms with Crippen LogP contribution < -0.4 is 16.4 Å². The molecule has 0 saturated carbocycles. The van der Waals surface area contributed by atoms with Crippen molar-refractivity contribution in [2.24, 2.45) is 19.5 Å². The lowest BCUT2D eigenvalue weighted by atomic mass is 9.92. The van der Waals surface area contributed by atoms with Crippen molar-refractivity contribution >= 4 is 28.8 Å². The number of carbonyl (C=O) groups is 1. The van der Waals surface area contributed by atoms with Gasteiger partial charge in [0.2, 0.25) is 0 Å². The Kier molecular flexibility index (Phi) is 6.69. The predicted molar refractivity (Wildman–Crippen MR) is 107 cm³/mol. The lowest BCUT2D eigenvalue weighted by molar-refractivity contribution is -0.304. The summed E-state index contributed by atoms with van der Waals surface area (Å²) >= 11 is 1.00. The molecule has 2 aromatic rings. The second-order valence-corrected chi connectivity index (χ2v) is 9.35. The van der Waals surface area contributed by atoms with Gasteiger partial charge in [-0.25, -0.2) is 14.8 Å². The SMILES string of the molecule is CCCC[C@H](Sc1nc(CC(C)(C)C)nc2c1c(=O)n(C)c(=O)n2C)C(=O)[O-]. The summed E-state index contributed by atoms with van der Waals surface area (Å²) in [4.78, 5) is 45.7. The van der Waals surface area contributed by atoms with Crippen molar-refractivity contribution in [2.75, 3.05) is 0 Å². The topological polar surface area (TPSA) is 110 Å². The van der Waals surface area contributed by atoms with Gasteiger partial charge < -0.3 is 9.90 Å². The van der Waals surface area contributed by atoms with Crippen molar-refractivity contribution in [3.63, 3.8) is 0 Å². The summed E-state index contributed by atoms with van der Waals surface area (Å²) in [6.45, 7) is 8.06. The summed E-state index contributed by atoms with van der Waals surface area (Å²) in [5.74, 6) is -0.720. The van der Waals surface area contributed by atoms with Gasteiger partial charge in [-0.1, -0.05) is 52.3 Å². The highest BCUT2D eigenvalue weighted by atomic mass is 32.2. The average Bonchev–Trinajstić information content (AvgIpc) is 2.59. The van der Waals surface area contributed by atoms with Crippen molar-refractivity contribution in [1.29, 1.82) is 0 Å². The monoisotopic (exact) mass is 407 g/mol. The number of hydrogen-bond donors (Lipinski definition) is 0. The molecule has 0 aliphatic carbocycles. The molecule has 0 amide bonds. The largest absolute Gasteiger partial charge is 0.549 e. The van der Waals surface area contributed by atoms with Crippen molar-refractivity contribution < 1.29 is 9.90 Å². The fourth-order valence-electron chi connectivity index (χ4n) is 2.86. The molecule has 154 valence electrons. The van der Waals surface area contributed by atoms with Crippen LogP contribution in [0.3, 0.4) is 0 Å². The van der Waals surface area contributed by atoms with Crippen LogP contribution in [0.5, 0.6) is 0 Å². The van der Waals surface area contributed by atoms with Gasteiger partial charge in [0, 0.05) is 20.5 Å². The number of thioether (sulfide) groups is 1. The molecular formula is C19H27N4O4S-. The van der Waals surface area contributed by atoms with Gasteiger partial charge in [-0.15, -0.1) is 0 Å². The lowest BCUT2D eigenvalue weighted by Crippen LogP contribution is -2.38. The molecule has 2 rings (SSSR count). The molecule has 0 radical (unpaired) electrons. The maximum Gasteiger partial charge on any atom is 0.332 e. The van der Waals surface area contributed by atoms with Gasteiger partial charge in [-0.05, 0) is 11.8 Å². The van der Waals surface area contributed by atoms with E-state index >= 15 is 0 Å². The Morgan fingerprint density at radius 1 is 1.18 bits per heavy atom. The van der Waals surface area contributed by atoms with Crippen molar-refractivity contribution in [3.8, 4) is 0 Å². The first kappa shape index (κ1) is 22.1. The highest BCUT2D eigenvalue weighted by Gasteiger charge is 2.23. The minimum Gasteiger partial charge on any atom is -0.549 e. The highest BCUT2D eigenvalue weighted by Crippen LogP contribution is 2.30. The van der Waals surface area contributed by atoms with E-state index in [0.717, 1.165) is 29.2 Å². The van der Waals surface area contributed by atoms with Gasteiger partial charge >= 0.3 is 5.69 Å². The fraction of sp³-hybridized carbons (Fsp3) is 0.632. The Bertz CT molecular complexity index is 1000. The molecule has 9 heteroatoms. The number of carboxylic acids is 1. The van der Waals surface area contributed by atoms with E-state index in [1.165, 1.54) is 11.6 Å². The number of aliphatic carboxylic acids is 1. The van der Waals surface area contributed by atoms with Gasteiger partial charge in [0.25, 0.3) is 5.56 Å². The van der Waals surface area contributed by atoms with Gasteiger partial charge in [0.05, 0.1) is 11.2 Å². The fourth-order valence-corrected chi connectivity index (χ4v) is 3.96. The third kappa shape index (κ3) is 4.81. The summed E-state index contributed by atoms with van der Waals surface area (Å²) < 4.78 is 2.29. The van der Waals surface area contributed by atoms with Crippen LogP contribution in [0.4, 0.5) is 0 Å². The number of rotatable bonds is 7. The Hall–Kier alpha value is -2.16. The standard InChI is InChI=1S/C19H28N4O4S/c1-7-8-9-11(17(25)26)28-15-13-14(20-12(21-15)10-19(2,3)4)22(5)18(27)23(6)16(13)24/h11H,7-10H2,1-6H3,(H,25,26)/p-1/t11-/m0/s1. The Labute approximate surface area is 168 Å². The first-order chi connectivity index (χ1) is 13.0. The predicted octanol–water partition coefficient (Wildman–Crippen LogP) is 1.02. The number of aromatic nitrogens is 4. The molecule has 8 nitrogen and oxygen atoms in total. The number of hydrogen-bond acceptors (Lipinski definition) is 7. The summed E-state index contributed by atoms with van der Waals surface area (Å²) in [5, 5.41) is 11.2. The summed E-state index contributed by atoms with van der Waals surface area (Å²) in [6, 6.07) is 0. The average molecular weight is 408 g/mol. The lowest BCUT2D eigenvalue weighted by Gasteiger charge is -2.20. The molecule has 2 heterocycles. The molecule has 0 N–H and O–H groups in total. The molecule has 0 aliphatic heterocycles. The van der Waals surface area contributed by atoms with Crippen molar-refractivity contribution in [3.05, 3.63) is 26.7 Å². The van der Waals surface area contributed by atoms with Crippen LogP contribution in [0, 0.1) is 5.41 Å². The Morgan fingerprint density at radius 3 is 2.36 bits per heavy atom. The highest BCUT2D eigenvalue weighted by molar-refractivity contribution is 8.00. The van der Waals surface area contributed by atoms with Crippen LogP contribution in [-0.4, -0.2) is 30.3 Å². The van der Waals surface area contributed by atoms with Crippen LogP contribution in [0.25, 0.3) is 11.0 Å². The van der Waals surface area contributed by atoms with Crippen LogP contribution in [0.15, 0.2) is 14.6 Å². The molecule has 0 bridgehead atoms. The first-order valence-corrected chi connectivity index (χ1v) is 10.2. The second-order valence-electron chi connectivity index (χ2n) is 8.15. The van der Waals surface area contributed by atoms with Crippen molar-refractivity contribution in [2.45, 2.75) is 63.7 Å². The smallest absolute Gasteiger partial charge is 0.332 e. The molecule has 0 spiro atoms. The number of nitrogens with zero attached hydrogens (tertiary/aromatic N) is 4. The number of aryl methyl sites for hydroxylation is 1. The quantitative estimate of drug-likeness (QED) is 0.498. The maximum absolute atomic E-state index is 12.8. The summed E-state index contributed by atoms with van der Waals surface area (Å²) in [5.41, 5.74) is -0.922. The maximum atomic E-state index is 12.8. The van der Waals surface area contributed by atoms with Gasteiger partial charge in [0.15, 0.2) is 5.65 Å². The molecule has 0 aromatic carbocycles.